The Hall–Kier alpha value is -0.420. The number of halogens is 5. The van der Waals surface area contributed by atoms with Crippen molar-refractivity contribution < 1.29 is 13.2 Å². The van der Waals surface area contributed by atoms with Crippen LogP contribution in [0.15, 0.2) is 16.6 Å². The van der Waals surface area contributed by atoms with Crippen molar-refractivity contribution in [2.24, 2.45) is 0 Å². The highest BCUT2D eigenvalue weighted by atomic mass is 79.9. The van der Waals surface area contributed by atoms with Crippen LogP contribution in [0.4, 0.5) is 18.9 Å². The zero-order valence-corrected chi connectivity index (χ0v) is 9.17. The van der Waals surface area contributed by atoms with Crippen molar-refractivity contribution in [1.82, 2.24) is 0 Å². The maximum atomic E-state index is 12.4. The first-order chi connectivity index (χ1) is 6.38. The molecule has 0 aliphatic heterocycles. The summed E-state index contributed by atoms with van der Waals surface area (Å²) in [5.41, 5.74) is 4.44. The van der Waals surface area contributed by atoms with E-state index in [4.69, 9.17) is 17.3 Å². The number of benzene rings is 1. The summed E-state index contributed by atoms with van der Waals surface area (Å²) in [6.07, 6.45) is -4.44. The maximum absolute atomic E-state index is 12.4. The van der Waals surface area contributed by atoms with E-state index in [1.807, 2.05) is 0 Å². The Labute approximate surface area is 92.2 Å². The van der Waals surface area contributed by atoms with E-state index in [0.29, 0.717) is 4.47 Å². The highest BCUT2D eigenvalue weighted by Crippen LogP contribution is 2.38. The summed E-state index contributed by atoms with van der Waals surface area (Å²) in [5.74, 6) is -0.0592. The standard InChI is InChI=1S/C8H6BrClF3N/c9-6-2-1-5(8(11,12)13)7(14)4(6)3-10/h1-2H,3,14H2. The third kappa shape index (κ3) is 2.15. The molecule has 1 rings (SSSR count). The van der Waals surface area contributed by atoms with E-state index < -0.39 is 11.7 Å². The van der Waals surface area contributed by atoms with Crippen molar-refractivity contribution in [3.8, 4) is 0 Å². The van der Waals surface area contributed by atoms with Crippen molar-refractivity contribution in [1.29, 1.82) is 0 Å². The summed E-state index contributed by atoms with van der Waals surface area (Å²) in [6.45, 7) is 0. The maximum Gasteiger partial charge on any atom is 0.418 e. The molecule has 0 heterocycles. The van der Waals surface area contributed by atoms with Crippen LogP contribution >= 0.6 is 27.5 Å². The van der Waals surface area contributed by atoms with Crippen LogP contribution in [0.3, 0.4) is 0 Å². The Balaban J connectivity index is 3.36. The molecule has 0 saturated carbocycles. The molecule has 2 N–H and O–H groups in total. The molecule has 1 nitrogen and oxygen atoms in total. The molecular weight excluding hydrogens is 282 g/mol. The Morgan fingerprint density at radius 1 is 1.36 bits per heavy atom. The van der Waals surface area contributed by atoms with E-state index in [-0.39, 0.29) is 17.1 Å². The highest BCUT2D eigenvalue weighted by molar-refractivity contribution is 9.10. The lowest BCUT2D eigenvalue weighted by atomic mass is 10.1. The van der Waals surface area contributed by atoms with Gasteiger partial charge in [0.2, 0.25) is 0 Å². The molecule has 0 fully saturated rings. The van der Waals surface area contributed by atoms with Crippen LogP contribution in [0.5, 0.6) is 0 Å². The quantitative estimate of drug-likeness (QED) is 0.617. The van der Waals surface area contributed by atoms with Crippen LogP contribution in [-0.2, 0) is 12.1 Å². The largest absolute Gasteiger partial charge is 0.418 e. The Bertz CT molecular complexity index is 351. The van der Waals surface area contributed by atoms with E-state index in [1.54, 1.807) is 0 Å². The predicted octanol–water partition coefficient (Wildman–Crippen LogP) is 3.79. The molecule has 0 aromatic heterocycles. The third-order valence-corrected chi connectivity index (χ3v) is 2.75. The molecule has 0 unspecified atom stereocenters. The molecule has 0 atom stereocenters. The minimum Gasteiger partial charge on any atom is -0.398 e. The number of hydrogen-bond donors (Lipinski definition) is 1. The predicted molar refractivity (Wildman–Crippen MR) is 53.1 cm³/mol. The molecule has 0 aliphatic rings. The van der Waals surface area contributed by atoms with Gasteiger partial charge in [-0.2, -0.15) is 13.2 Å². The summed E-state index contributed by atoms with van der Waals surface area (Å²) >= 11 is 8.56. The van der Waals surface area contributed by atoms with Crippen LogP contribution in [0, 0.1) is 0 Å². The summed E-state index contributed by atoms with van der Waals surface area (Å²) in [7, 11) is 0. The zero-order chi connectivity index (χ0) is 10.9. The van der Waals surface area contributed by atoms with Crippen molar-refractivity contribution in [2.75, 3.05) is 5.73 Å². The average Bonchev–Trinajstić information content (AvgIpc) is 2.02. The first-order valence-electron chi connectivity index (χ1n) is 3.58. The molecule has 0 bridgehead atoms. The Morgan fingerprint density at radius 2 is 1.93 bits per heavy atom. The van der Waals surface area contributed by atoms with E-state index >= 15 is 0 Å². The number of rotatable bonds is 1. The van der Waals surface area contributed by atoms with Gasteiger partial charge >= 0.3 is 6.18 Å². The van der Waals surface area contributed by atoms with E-state index in [2.05, 4.69) is 15.9 Å². The van der Waals surface area contributed by atoms with Crippen LogP contribution in [0.2, 0.25) is 0 Å². The minimum absolute atomic E-state index is 0.0592. The number of nitrogens with two attached hydrogens (primary N) is 1. The molecule has 0 saturated heterocycles. The fraction of sp³-hybridized carbons (Fsp3) is 0.250. The van der Waals surface area contributed by atoms with Gasteiger partial charge in [-0.3, -0.25) is 0 Å². The number of anilines is 1. The summed E-state index contributed by atoms with van der Waals surface area (Å²) in [4.78, 5) is 0. The molecule has 1 aromatic rings. The molecule has 0 radical (unpaired) electrons. The second kappa shape index (κ2) is 3.98. The topological polar surface area (TPSA) is 26.0 Å². The van der Waals surface area contributed by atoms with Gasteiger partial charge in [0.15, 0.2) is 0 Å². The highest BCUT2D eigenvalue weighted by Gasteiger charge is 2.33. The molecule has 78 valence electrons. The monoisotopic (exact) mass is 287 g/mol. The van der Waals surface area contributed by atoms with Crippen molar-refractivity contribution >= 4 is 33.2 Å². The second-order valence-electron chi connectivity index (χ2n) is 2.62. The fourth-order valence-corrected chi connectivity index (χ4v) is 1.96. The Morgan fingerprint density at radius 3 is 2.36 bits per heavy atom. The first kappa shape index (κ1) is 11.7. The first-order valence-corrected chi connectivity index (χ1v) is 4.90. The molecule has 0 spiro atoms. The van der Waals surface area contributed by atoms with Gasteiger partial charge in [0.1, 0.15) is 0 Å². The van der Waals surface area contributed by atoms with Gasteiger partial charge in [0.05, 0.1) is 11.4 Å². The third-order valence-electron chi connectivity index (χ3n) is 1.74. The van der Waals surface area contributed by atoms with Gasteiger partial charge in [0.25, 0.3) is 0 Å². The molecule has 1 aromatic carbocycles. The van der Waals surface area contributed by atoms with Crippen molar-refractivity contribution in [3.63, 3.8) is 0 Å². The lowest BCUT2D eigenvalue weighted by Crippen LogP contribution is -2.10. The molecule has 14 heavy (non-hydrogen) atoms. The second-order valence-corrected chi connectivity index (χ2v) is 3.74. The van der Waals surface area contributed by atoms with Crippen LogP contribution in [0.1, 0.15) is 11.1 Å². The van der Waals surface area contributed by atoms with Crippen molar-refractivity contribution in [3.05, 3.63) is 27.7 Å². The smallest absolute Gasteiger partial charge is 0.398 e. The molecule has 0 aliphatic carbocycles. The van der Waals surface area contributed by atoms with Crippen LogP contribution in [-0.4, -0.2) is 0 Å². The summed E-state index contributed by atoms with van der Waals surface area (Å²) in [5, 5.41) is 0. The van der Waals surface area contributed by atoms with Gasteiger partial charge in [-0.05, 0) is 12.1 Å². The molecular formula is C8H6BrClF3N. The van der Waals surface area contributed by atoms with E-state index in [9.17, 15) is 13.2 Å². The number of alkyl halides is 4. The van der Waals surface area contributed by atoms with Crippen molar-refractivity contribution in [2.45, 2.75) is 12.1 Å². The van der Waals surface area contributed by atoms with Crippen LogP contribution in [0.25, 0.3) is 0 Å². The van der Waals surface area contributed by atoms with Gasteiger partial charge < -0.3 is 5.73 Å². The molecule has 0 amide bonds. The normalized spacial score (nSPS) is 11.8. The Kier molecular flexibility index (Phi) is 3.32. The zero-order valence-electron chi connectivity index (χ0n) is 6.83. The van der Waals surface area contributed by atoms with Gasteiger partial charge in [-0.25, -0.2) is 0 Å². The fourth-order valence-electron chi connectivity index (χ4n) is 1.02. The van der Waals surface area contributed by atoms with E-state index in [0.717, 1.165) is 6.07 Å². The van der Waals surface area contributed by atoms with Crippen LogP contribution < -0.4 is 5.73 Å². The van der Waals surface area contributed by atoms with Gasteiger partial charge in [-0.1, -0.05) is 15.9 Å². The summed E-state index contributed by atoms with van der Waals surface area (Å²) < 4.78 is 37.6. The SMILES string of the molecule is Nc1c(C(F)(F)F)ccc(Br)c1CCl. The molecule has 6 heteroatoms. The van der Waals surface area contributed by atoms with E-state index in [1.165, 1.54) is 6.07 Å². The van der Waals surface area contributed by atoms with Gasteiger partial charge in [-0.15, -0.1) is 11.6 Å². The number of nitrogen functional groups attached to an aromatic ring is 1. The lowest BCUT2D eigenvalue weighted by molar-refractivity contribution is -0.136. The lowest BCUT2D eigenvalue weighted by Gasteiger charge is -2.13. The number of hydrogen-bond acceptors (Lipinski definition) is 1. The van der Waals surface area contributed by atoms with Gasteiger partial charge in [0, 0.05) is 15.7 Å². The summed E-state index contributed by atoms with van der Waals surface area (Å²) in [6, 6.07) is 2.21. The minimum atomic E-state index is -4.44. The average molecular weight is 288 g/mol.